The lowest BCUT2D eigenvalue weighted by Gasteiger charge is -2.19. The summed E-state index contributed by atoms with van der Waals surface area (Å²) in [5.74, 6) is 0.900. The molecule has 114 valence electrons. The minimum absolute atomic E-state index is 0.242. The Morgan fingerprint density at radius 1 is 1.14 bits per heavy atom. The van der Waals surface area contributed by atoms with Crippen LogP contribution in [0.1, 0.15) is 17.1 Å². The van der Waals surface area contributed by atoms with Gasteiger partial charge in [-0.2, -0.15) is 8.42 Å². The molecule has 1 atom stereocenters. The topological polar surface area (TPSA) is 105 Å². The number of carbonyl (C=O) groups is 1. The van der Waals surface area contributed by atoms with Crippen LogP contribution in [0.25, 0.3) is 0 Å². The number of aldehydes is 1. The molecule has 6 nitrogen and oxygen atoms in total. The molecule has 0 bridgehead atoms. The summed E-state index contributed by atoms with van der Waals surface area (Å²) in [5.41, 5.74) is -1.20. The quantitative estimate of drug-likeness (QED) is 0.658. The van der Waals surface area contributed by atoms with Gasteiger partial charge in [-0.05, 0) is 24.6 Å². The molecule has 0 saturated carbocycles. The number of carbonyl (C=O) groups excluding carboxylic acids is 1. The fourth-order valence-electron chi connectivity index (χ4n) is 1.60. The second-order valence-corrected chi connectivity index (χ2v) is 5.86. The normalized spacial score (nSPS) is 13.7. The molecule has 0 amide bonds. The van der Waals surface area contributed by atoms with Crippen LogP contribution in [-0.4, -0.2) is 30.6 Å². The lowest BCUT2D eigenvalue weighted by molar-refractivity contribution is -0.122. The van der Waals surface area contributed by atoms with Crippen molar-refractivity contribution in [2.24, 2.45) is 0 Å². The minimum Gasteiger partial charge on any atom is -0.462 e. The van der Waals surface area contributed by atoms with Gasteiger partial charge in [-0.1, -0.05) is 30.3 Å². The van der Waals surface area contributed by atoms with Gasteiger partial charge in [0.25, 0.3) is 10.1 Å². The van der Waals surface area contributed by atoms with Crippen molar-refractivity contribution in [1.82, 2.24) is 0 Å². The molecular weight excluding hydrogens is 296 g/mol. The Bertz CT molecular complexity index is 681. The number of rotatable bonds is 3. The van der Waals surface area contributed by atoms with Gasteiger partial charge in [0.1, 0.15) is 11.5 Å². The van der Waals surface area contributed by atoms with Gasteiger partial charge in [-0.25, -0.2) is 0 Å². The number of hydrogen-bond acceptors (Lipinski definition) is 5. The number of aliphatic hydroxyl groups is 1. The number of aryl methyl sites for hydroxylation is 1. The molecule has 0 saturated heterocycles. The van der Waals surface area contributed by atoms with E-state index in [1.807, 2.05) is 6.07 Å². The van der Waals surface area contributed by atoms with Gasteiger partial charge >= 0.3 is 0 Å². The Labute approximate surface area is 122 Å². The summed E-state index contributed by atoms with van der Waals surface area (Å²) in [6.45, 7) is 1.76. The molecule has 7 heteroatoms. The maximum absolute atomic E-state index is 11.1. The van der Waals surface area contributed by atoms with E-state index in [0.29, 0.717) is 23.9 Å². The van der Waals surface area contributed by atoms with Gasteiger partial charge in [0.15, 0.2) is 6.29 Å². The summed E-state index contributed by atoms with van der Waals surface area (Å²) in [5, 5.41) is 10.3. The average molecular weight is 312 g/mol. The van der Waals surface area contributed by atoms with Crippen LogP contribution in [0.3, 0.4) is 0 Å². The van der Waals surface area contributed by atoms with Crippen LogP contribution < -0.4 is 0 Å². The largest absolute Gasteiger partial charge is 0.462 e. The third-order valence-corrected chi connectivity index (χ3v) is 2.50. The molecular formula is C14H16O6S. The van der Waals surface area contributed by atoms with Crippen LogP contribution in [0.15, 0.2) is 46.9 Å². The van der Waals surface area contributed by atoms with Crippen molar-refractivity contribution in [1.29, 1.82) is 0 Å². The molecule has 0 radical (unpaired) electrons. The van der Waals surface area contributed by atoms with Gasteiger partial charge in [-0.3, -0.25) is 9.35 Å². The van der Waals surface area contributed by atoms with Gasteiger partial charge in [0.05, 0.1) is 6.26 Å². The second-order valence-electron chi connectivity index (χ2n) is 4.39. The molecule has 2 aromatic rings. The third-order valence-electron chi connectivity index (χ3n) is 2.50. The molecule has 0 fully saturated rings. The number of benzene rings is 1. The predicted octanol–water partition coefficient (Wildman–Crippen LogP) is 1.53. The van der Waals surface area contributed by atoms with E-state index in [1.54, 1.807) is 43.3 Å². The maximum Gasteiger partial charge on any atom is 0.261 e. The van der Waals surface area contributed by atoms with E-state index in [9.17, 15) is 18.3 Å². The van der Waals surface area contributed by atoms with Crippen molar-refractivity contribution in [3.05, 3.63) is 59.5 Å². The molecule has 0 aliphatic heterocycles. The van der Waals surface area contributed by atoms with Crippen molar-refractivity contribution < 1.29 is 27.3 Å². The zero-order valence-electron chi connectivity index (χ0n) is 11.6. The zero-order chi connectivity index (χ0) is 16.1. The summed E-state index contributed by atoms with van der Waals surface area (Å²) in [6.07, 6.45) is 1.20. The summed E-state index contributed by atoms with van der Waals surface area (Å²) in [7, 11) is -3.67. The summed E-state index contributed by atoms with van der Waals surface area (Å²) < 4.78 is 31.2. The van der Waals surface area contributed by atoms with E-state index in [0.717, 1.165) is 0 Å². The first-order chi connectivity index (χ1) is 9.66. The molecule has 1 aromatic carbocycles. The molecule has 1 heterocycles. The van der Waals surface area contributed by atoms with Crippen LogP contribution in [-0.2, 0) is 20.5 Å². The van der Waals surface area contributed by atoms with Crippen molar-refractivity contribution in [2.45, 2.75) is 12.5 Å². The van der Waals surface area contributed by atoms with Crippen LogP contribution in [0.5, 0.6) is 0 Å². The Balaban J connectivity index is 0.000000383. The monoisotopic (exact) mass is 312 g/mol. The number of hydrogen-bond donors (Lipinski definition) is 2. The molecule has 1 unspecified atom stereocenters. The standard InChI is InChI=1S/C13H12O3.CH4O3S/c1-10-7-8-12(16-10)13(15,9-14)11-5-3-2-4-6-11;1-5(2,3)4/h2-9,15H,1H3;1H3,(H,2,3,4). The smallest absolute Gasteiger partial charge is 0.261 e. The summed E-state index contributed by atoms with van der Waals surface area (Å²) in [4.78, 5) is 11.1. The Hall–Kier alpha value is -1.96. The predicted molar refractivity (Wildman–Crippen MR) is 76.4 cm³/mol. The van der Waals surface area contributed by atoms with E-state index >= 15 is 0 Å². The van der Waals surface area contributed by atoms with Gasteiger partial charge in [0, 0.05) is 0 Å². The second kappa shape index (κ2) is 6.66. The highest BCUT2D eigenvalue weighted by Crippen LogP contribution is 2.28. The minimum atomic E-state index is -3.67. The SMILES string of the molecule is CS(=O)(=O)O.Cc1ccc(C(O)(C=O)c2ccccc2)o1. The molecule has 0 aliphatic rings. The zero-order valence-corrected chi connectivity index (χ0v) is 12.4. The van der Waals surface area contributed by atoms with Crippen LogP contribution >= 0.6 is 0 Å². The van der Waals surface area contributed by atoms with Crippen LogP contribution in [0.2, 0.25) is 0 Å². The fourth-order valence-corrected chi connectivity index (χ4v) is 1.60. The first-order valence-electron chi connectivity index (χ1n) is 5.90. The Kier molecular flexibility index (Phi) is 5.42. The van der Waals surface area contributed by atoms with Gasteiger partial charge in [-0.15, -0.1) is 0 Å². The van der Waals surface area contributed by atoms with E-state index in [4.69, 9.17) is 8.97 Å². The first kappa shape index (κ1) is 17.1. The van der Waals surface area contributed by atoms with E-state index < -0.39 is 15.7 Å². The third kappa shape index (κ3) is 5.14. The van der Waals surface area contributed by atoms with Crippen molar-refractivity contribution in [3.63, 3.8) is 0 Å². The van der Waals surface area contributed by atoms with Crippen molar-refractivity contribution >= 4 is 16.4 Å². The lowest BCUT2D eigenvalue weighted by Crippen LogP contribution is -2.28. The Morgan fingerprint density at radius 3 is 2.05 bits per heavy atom. The molecule has 21 heavy (non-hydrogen) atoms. The van der Waals surface area contributed by atoms with Gasteiger partial charge in [0.2, 0.25) is 5.60 Å². The van der Waals surface area contributed by atoms with Crippen LogP contribution in [0, 0.1) is 6.92 Å². The van der Waals surface area contributed by atoms with E-state index in [2.05, 4.69) is 0 Å². The van der Waals surface area contributed by atoms with E-state index in [1.165, 1.54) is 0 Å². The molecule has 2 N–H and O–H groups in total. The molecule has 1 aromatic heterocycles. The molecule has 0 aliphatic carbocycles. The summed E-state index contributed by atoms with van der Waals surface area (Å²) in [6, 6.07) is 12.0. The lowest BCUT2D eigenvalue weighted by atomic mass is 9.93. The first-order valence-corrected chi connectivity index (χ1v) is 7.75. The molecule has 2 rings (SSSR count). The van der Waals surface area contributed by atoms with Crippen LogP contribution in [0.4, 0.5) is 0 Å². The average Bonchev–Trinajstić information content (AvgIpc) is 2.84. The highest BCUT2D eigenvalue weighted by atomic mass is 32.2. The molecule has 0 spiro atoms. The Morgan fingerprint density at radius 2 is 1.67 bits per heavy atom. The highest BCUT2D eigenvalue weighted by molar-refractivity contribution is 7.85. The summed E-state index contributed by atoms with van der Waals surface area (Å²) >= 11 is 0. The highest BCUT2D eigenvalue weighted by Gasteiger charge is 2.34. The fraction of sp³-hybridized carbons (Fsp3) is 0.214. The van der Waals surface area contributed by atoms with Gasteiger partial charge < -0.3 is 9.52 Å². The van der Waals surface area contributed by atoms with E-state index in [-0.39, 0.29) is 5.76 Å². The van der Waals surface area contributed by atoms with Crippen molar-refractivity contribution in [2.75, 3.05) is 6.26 Å². The maximum atomic E-state index is 11.1. The number of furan rings is 1. The van der Waals surface area contributed by atoms with Crippen molar-refractivity contribution in [3.8, 4) is 0 Å².